The zero-order valence-corrected chi connectivity index (χ0v) is 11.2. The molecule has 18 heavy (non-hydrogen) atoms. The van der Waals surface area contributed by atoms with Crippen LogP contribution in [0.2, 0.25) is 0 Å². The molecule has 1 N–H and O–H groups in total. The first kappa shape index (κ1) is 13.3. The van der Waals surface area contributed by atoms with E-state index in [1.165, 1.54) is 0 Å². The molecule has 2 saturated heterocycles. The average molecular weight is 253 g/mol. The van der Waals surface area contributed by atoms with Crippen molar-refractivity contribution in [1.82, 2.24) is 15.1 Å². The third-order valence-corrected chi connectivity index (χ3v) is 3.85. The van der Waals surface area contributed by atoms with Crippen LogP contribution in [-0.2, 0) is 9.59 Å². The number of nitrogens with one attached hydrogen (secondary N) is 1. The molecule has 0 aromatic carbocycles. The summed E-state index contributed by atoms with van der Waals surface area (Å²) in [5, 5.41) is 3.24. The van der Waals surface area contributed by atoms with Crippen LogP contribution in [0.15, 0.2) is 0 Å². The summed E-state index contributed by atoms with van der Waals surface area (Å²) in [6.07, 6.45) is 4.17. The maximum atomic E-state index is 12.2. The number of rotatable bonds is 3. The lowest BCUT2D eigenvalue weighted by molar-refractivity contribution is -0.141. The van der Waals surface area contributed by atoms with Gasteiger partial charge in [0.2, 0.25) is 11.8 Å². The number of carbonyl (C=O) groups is 2. The fraction of sp³-hybridized carbons (Fsp3) is 0.846. The van der Waals surface area contributed by atoms with Crippen molar-refractivity contribution in [2.45, 2.75) is 25.7 Å². The Labute approximate surface area is 108 Å². The first-order valence-corrected chi connectivity index (χ1v) is 6.92. The predicted octanol–water partition coefficient (Wildman–Crippen LogP) is 0.0668. The molecule has 5 nitrogen and oxygen atoms in total. The molecule has 0 saturated carbocycles. The standard InChI is InChI=1S/C13H23N3O2/c1-15(10-12(17)16-7-2-3-8-16)13(18)11-5-4-6-14-9-11/h11,14H,2-10H2,1H3. The predicted molar refractivity (Wildman–Crippen MR) is 69.0 cm³/mol. The van der Waals surface area contributed by atoms with Crippen LogP contribution in [0.1, 0.15) is 25.7 Å². The zero-order chi connectivity index (χ0) is 13.0. The minimum Gasteiger partial charge on any atom is -0.341 e. The minimum atomic E-state index is 0.0510. The van der Waals surface area contributed by atoms with Gasteiger partial charge in [-0.25, -0.2) is 0 Å². The molecule has 0 spiro atoms. The van der Waals surface area contributed by atoms with Gasteiger partial charge >= 0.3 is 0 Å². The zero-order valence-electron chi connectivity index (χ0n) is 11.2. The summed E-state index contributed by atoms with van der Waals surface area (Å²) in [5.41, 5.74) is 0. The molecule has 0 bridgehead atoms. The second-order valence-corrected chi connectivity index (χ2v) is 5.33. The molecule has 2 amide bonds. The van der Waals surface area contributed by atoms with E-state index in [9.17, 15) is 9.59 Å². The monoisotopic (exact) mass is 253 g/mol. The topological polar surface area (TPSA) is 52.7 Å². The van der Waals surface area contributed by atoms with Gasteiger partial charge in [0, 0.05) is 26.7 Å². The number of hydrogen-bond donors (Lipinski definition) is 1. The van der Waals surface area contributed by atoms with Gasteiger partial charge in [-0.3, -0.25) is 9.59 Å². The van der Waals surface area contributed by atoms with E-state index < -0.39 is 0 Å². The summed E-state index contributed by atoms with van der Waals surface area (Å²) in [4.78, 5) is 27.6. The molecule has 0 aromatic heterocycles. The molecule has 0 radical (unpaired) electrons. The molecule has 2 rings (SSSR count). The van der Waals surface area contributed by atoms with Crippen molar-refractivity contribution in [3.63, 3.8) is 0 Å². The van der Waals surface area contributed by atoms with Crippen molar-refractivity contribution < 1.29 is 9.59 Å². The number of amides is 2. The summed E-state index contributed by atoms with van der Waals surface area (Å²) in [6, 6.07) is 0. The van der Waals surface area contributed by atoms with Crippen LogP contribution in [0, 0.1) is 5.92 Å². The third-order valence-electron chi connectivity index (χ3n) is 3.85. The molecule has 2 aliphatic heterocycles. The lowest BCUT2D eigenvalue weighted by atomic mass is 9.98. The Bertz CT molecular complexity index is 307. The second kappa shape index (κ2) is 6.18. The molecule has 1 unspecified atom stereocenters. The van der Waals surface area contributed by atoms with E-state index in [1.54, 1.807) is 11.9 Å². The Balaban J connectivity index is 1.80. The Kier molecular flexibility index (Phi) is 4.58. The van der Waals surface area contributed by atoms with E-state index in [-0.39, 0.29) is 24.3 Å². The van der Waals surface area contributed by atoms with Crippen molar-refractivity contribution in [1.29, 1.82) is 0 Å². The molecular formula is C13H23N3O2. The maximum Gasteiger partial charge on any atom is 0.242 e. The Morgan fingerprint density at radius 1 is 1.28 bits per heavy atom. The van der Waals surface area contributed by atoms with Crippen molar-refractivity contribution >= 4 is 11.8 Å². The van der Waals surface area contributed by atoms with Gasteiger partial charge in [-0.1, -0.05) is 0 Å². The van der Waals surface area contributed by atoms with Gasteiger partial charge in [0.25, 0.3) is 0 Å². The number of likely N-dealkylation sites (tertiary alicyclic amines) is 1. The molecule has 2 aliphatic rings. The van der Waals surface area contributed by atoms with E-state index in [2.05, 4.69) is 5.32 Å². The minimum absolute atomic E-state index is 0.0510. The van der Waals surface area contributed by atoms with Crippen LogP contribution in [0.25, 0.3) is 0 Å². The summed E-state index contributed by atoms with van der Waals surface area (Å²) in [6.45, 7) is 3.69. The first-order valence-electron chi connectivity index (χ1n) is 6.92. The normalized spacial score (nSPS) is 24.1. The fourth-order valence-corrected chi connectivity index (χ4v) is 2.72. The van der Waals surface area contributed by atoms with E-state index in [0.29, 0.717) is 0 Å². The van der Waals surface area contributed by atoms with Gasteiger partial charge in [-0.05, 0) is 32.2 Å². The highest BCUT2D eigenvalue weighted by atomic mass is 16.2. The quantitative estimate of drug-likeness (QED) is 0.774. The third kappa shape index (κ3) is 3.22. The van der Waals surface area contributed by atoms with Crippen LogP contribution >= 0.6 is 0 Å². The van der Waals surface area contributed by atoms with Crippen molar-refractivity contribution in [2.75, 3.05) is 39.8 Å². The number of piperidine rings is 1. The average Bonchev–Trinajstić information content (AvgIpc) is 2.92. The van der Waals surface area contributed by atoms with Gasteiger partial charge < -0.3 is 15.1 Å². The molecule has 2 heterocycles. The van der Waals surface area contributed by atoms with Crippen molar-refractivity contribution in [2.24, 2.45) is 5.92 Å². The van der Waals surface area contributed by atoms with Gasteiger partial charge in [0.05, 0.1) is 12.5 Å². The van der Waals surface area contributed by atoms with Crippen LogP contribution in [0.5, 0.6) is 0 Å². The Morgan fingerprint density at radius 2 is 2.00 bits per heavy atom. The number of hydrogen-bond acceptors (Lipinski definition) is 3. The SMILES string of the molecule is CN(CC(=O)N1CCCC1)C(=O)C1CCCNC1. The first-order chi connectivity index (χ1) is 8.68. The highest BCUT2D eigenvalue weighted by molar-refractivity contribution is 5.86. The number of carbonyl (C=O) groups excluding carboxylic acids is 2. The van der Waals surface area contributed by atoms with Gasteiger partial charge in [0.15, 0.2) is 0 Å². The summed E-state index contributed by atoms with van der Waals surface area (Å²) >= 11 is 0. The molecule has 102 valence electrons. The van der Waals surface area contributed by atoms with Crippen LogP contribution in [-0.4, -0.2) is 61.4 Å². The number of nitrogens with zero attached hydrogens (tertiary/aromatic N) is 2. The van der Waals surface area contributed by atoms with E-state index in [1.807, 2.05) is 4.90 Å². The van der Waals surface area contributed by atoms with Crippen LogP contribution in [0.4, 0.5) is 0 Å². The maximum absolute atomic E-state index is 12.2. The van der Waals surface area contributed by atoms with Crippen molar-refractivity contribution in [3.8, 4) is 0 Å². The van der Waals surface area contributed by atoms with E-state index in [4.69, 9.17) is 0 Å². The van der Waals surface area contributed by atoms with Gasteiger partial charge in [0.1, 0.15) is 0 Å². The fourth-order valence-electron chi connectivity index (χ4n) is 2.72. The molecular weight excluding hydrogens is 230 g/mol. The van der Waals surface area contributed by atoms with E-state index in [0.717, 1.165) is 51.9 Å². The molecule has 1 atom stereocenters. The summed E-state index contributed by atoms with van der Waals surface area (Å²) in [7, 11) is 1.74. The lowest BCUT2D eigenvalue weighted by Gasteiger charge is -2.27. The van der Waals surface area contributed by atoms with Gasteiger partial charge in [-0.2, -0.15) is 0 Å². The van der Waals surface area contributed by atoms with Crippen LogP contribution in [0.3, 0.4) is 0 Å². The van der Waals surface area contributed by atoms with Crippen LogP contribution < -0.4 is 5.32 Å². The molecule has 0 aliphatic carbocycles. The molecule has 0 aromatic rings. The highest BCUT2D eigenvalue weighted by Gasteiger charge is 2.26. The second-order valence-electron chi connectivity index (χ2n) is 5.33. The molecule has 5 heteroatoms. The largest absolute Gasteiger partial charge is 0.341 e. The Morgan fingerprint density at radius 3 is 2.61 bits per heavy atom. The highest BCUT2D eigenvalue weighted by Crippen LogP contribution is 2.13. The van der Waals surface area contributed by atoms with Crippen molar-refractivity contribution in [3.05, 3.63) is 0 Å². The lowest BCUT2D eigenvalue weighted by Crippen LogP contribution is -2.45. The summed E-state index contributed by atoms with van der Waals surface area (Å²) in [5.74, 6) is 0.247. The van der Waals surface area contributed by atoms with E-state index >= 15 is 0 Å². The van der Waals surface area contributed by atoms with Gasteiger partial charge in [-0.15, -0.1) is 0 Å². The number of likely N-dealkylation sites (N-methyl/N-ethyl adjacent to an activating group) is 1. The smallest absolute Gasteiger partial charge is 0.242 e. The summed E-state index contributed by atoms with van der Waals surface area (Å²) < 4.78 is 0. The Hall–Kier alpha value is -1.10. The molecule has 2 fully saturated rings.